The van der Waals surface area contributed by atoms with E-state index in [1.165, 1.54) is 24.4 Å². The molecule has 1 aliphatic heterocycles. The molecule has 0 bridgehead atoms. The lowest BCUT2D eigenvalue weighted by atomic mass is 9.96. The SMILES string of the molecule is O=CC=CN1CCCC1c1cnc(-c2ccc(F)cc2)cc1-c1ccn(C(F)F)n1. The van der Waals surface area contributed by atoms with Crippen LogP contribution in [0.1, 0.15) is 31.0 Å². The van der Waals surface area contributed by atoms with Gasteiger partial charge in [-0.05, 0) is 55.3 Å². The van der Waals surface area contributed by atoms with Crippen LogP contribution in [0, 0.1) is 5.82 Å². The smallest absolute Gasteiger partial charge is 0.333 e. The zero-order valence-electron chi connectivity index (χ0n) is 16.0. The number of halogens is 3. The first kappa shape index (κ1) is 19.9. The van der Waals surface area contributed by atoms with Crippen LogP contribution in [0.2, 0.25) is 0 Å². The second kappa shape index (κ2) is 8.52. The number of hydrogen-bond donors (Lipinski definition) is 0. The van der Waals surface area contributed by atoms with Crippen molar-refractivity contribution in [3.63, 3.8) is 0 Å². The molecule has 1 atom stereocenters. The highest BCUT2D eigenvalue weighted by Crippen LogP contribution is 2.38. The number of aldehydes is 1. The van der Waals surface area contributed by atoms with Gasteiger partial charge in [-0.2, -0.15) is 13.9 Å². The third-order valence-corrected chi connectivity index (χ3v) is 5.17. The van der Waals surface area contributed by atoms with Gasteiger partial charge in [-0.3, -0.25) is 9.78 Å². The van der Waals surface area contributed by atoms with Gasteiger partial charge >= 0.3 is 6.55 Å². The summed E-state index contributed by atoms with van der Waals surface area (Å²) in [6.45, 7) is -1.96. The third kappa shape index (κ3) is 3.98. The molecule has 1 unspecified atom stereocenters. The monoisotopic (exact) mass is 412 g/mol. The van der Waals surface area contributed by atoms with Crippen LogP contribution in [0.5, 0.6) is 0 Å². The van der Waals surface area contributed by atoms with Gasteiger partial charge in [-0.25, -0.2) is 9.07 Å². The Morgan fingerprint density at radius 3 is 2.63 bits per heavy atom. The Morgan fingerprint density at radius 2 is 1.93 bits per heavy atom. The van der Waals surface area contributed by atoms with Crippen LogP contribution in [-0.4, -0.2) is 32.5 Å². The molecule has 154 valence electrons. The summed E-state index contributed by atoms with van der Waals surface area (Å²) in [5.74, 6) is -0.352. The highest BCUT2D eigenvalue weighted by molar-refractivity contribution is 5.71. The molecule has 1 aromatic carbocycles. The van der Waals surface area contributed by atoms with E-state index in [9.17, 15) is 18.0 Å². The molecule has 0 N–H and O–H groups in total. The van der Waals surface area contributed by atoms with Crippen molar-refractivity contribution in [2.75, 3.05) is 6.54 Å². The first-order chi connectivity index (χ1) is 14.6. The van der Waals surface area contributed by atoms with Gasteiger partial charge in [0.05, 0.1) is 17.4 Å². The number of carbonyl (C=O) groups excluding carboxylic acids is 1. The van der Waals surface area contributed by atoms with Crippen LogP contribution in [-0.2, 0) is 4.79 Å². The number of benzene rings is 1. The van der Waals surface area contributed by atoms with Crippen molar-refractivity contribution in [2.24, 2.45) is 0 Å². The van der Waals surface area contributed by atoms with Crippen molar-refractivity contribution in [3.05, 3.63) is 72.4 Å². The highest BCUT2D eigenvalue weighted by atomic mass is 19.3. The predicted molar refractivity (Wildman–Crippen MR) is 106 cm³/mol. The summed E-state index contributed by atoms with van der Waals surface area (Å²) in [7, 11) is 0. The zero-order chi connectivity index (χ0) is 21.1. The Morgan fingerprint density at radius 1 is 1.13 bits per heavy atom. The van der Waals surface area contributed by atoms with Crippen LogP contribution in [0.15, 0.2) is 61.1 Å². The minimum Gasteiger partial charge on any atom is -0.370 e. The molecule has 0 saturated carbocycles. The van der Waals surface area contributed by atoms with Crippen molar-refractivity contribution in [1.82, 2.24) is 19.7 Å². The van der Waals surface area contributed by atoms with Crippen molar-refractivity contribution in [3.8, 4) is 22.5 Å². The number of allylic oxidation sites excluding steroid dienone is 1. The molecule has 5 nitrogen and oxygen atoms in total. The molecule has 1 saturated heterocycles. The molecule has 8 heteroatoms. The van der Waals surface area contributed by atoms with E-state index in [1.807, 2.05) is 4.90 Å². The molecule has 0 radical (unpaired) electrons. The summed E-state index contributed by atoms with van der Waals surface area (Å²) in [5, 5.41) is 4.03. The van der Waals surface area contributed by atoms with Gasteiger partial charge in [0.25, 0.3) is 0 Å². The molecular weight excluding hydrogens is 393 g/mol. The van der Waals surface area contributed by atoms with Crippen LogP contribution in [0.25, 0.3) is 22.5 Å². The van der Waals surface area contributed by atoms with E-state index < -0.39 is 6.55 Å². The summed E-state index contributed by atoms with van der Waals surface area (Å²) in [6.07, 6.45) is 8.61. The molecule has 0 spiro atoms. The minimum atomic E-state index is -2.74. The predicted octanol–water partition coefficient (Wildman–Crippen LogP) is 5.00. The molecule has 0 amide bonds. The maximum atomic E-state index is 13.3. The largest absolute Gasteiger partial charge is 0.370 e. The Labute approximate surface area is 171 Å². The summed E-state index contributed by atoms with van der Waals surface area (Å²) in [6, 6.07) is 9.21. The lowest BCUT2D eigenvalue weighted by Gasteiger charge is -2.25. The maximum Gasteiger partial charge on any atom is 0.333 e. The molecule has 3 heterocycles. The topological polar surface area (TPSA) is 51.0 Å². The highest BCUT2D eigenvalue weighted by Gasteiger charge is 2.27. The number of aromatic nitrogens is 3. The molecular formula is C22H19F3N4O. The van der Waals surface area contributed by atoms with E-state index in [1.54, 1.807) is 36.7 Å². The van der Waals surface area contributed by atoms with Gasteiger partial charge in [0, 0.05) is 41.8 Å². The van der Waals surface area contributed by atoms with Gasteiger partial charge in [0.2, 0.25) is 0 Å². The number of likely N-dealkylation sites (tertiary alicyclic amines) is 1. The van der Waals surface area contributed by atoms with Crippen molar-refractivity contribution < 1.29 is 18.0 Å². The zero-order valence-corrected chi connectivity index (χ0v) is 16.0. The first-order valence-electron chi connectivity index (χ1n) is 9.54. The Hall–Kier alpha value is -3.42. The van der Waals surface area contributed by atoms with E-state index in [2.05, 4.69) is 10.1 Å². The van der Waals surface area contributed by atoms with E-state index >= 15 is 0 Å². The second-order valence-corrected chi connectivity index (χ2v) is 7.00. The van der Waals surface area contributed by atoms with E-state index in [4.69, 9.17) is 0 Å². The molecule has 1 fully saturated rings. The van der Waals surface area contributed by atoms with Gasteiger partial charge < -0.3 is 4.90 Å². The number of hydrogen-bond acceptors (Lipinski definition) is 4. The Kier molecular flexibility index (Phi) is 5.65. The fraction of sp³-hybridized carbons (Fsp3) is 0.227. The molecule has 4 rings (SSSR count). The van der Waals surface area contributed by atoms with Crippen LogP contribution in [0.4, 0.5) is 13.2 Å². The standard InChI is InChI=1S/C22H19F3N4O/c23-16-6-4-15(5-7-16)20-13-17(19-8-11-29(27-19)22(24)25)18(14-26-20)21-3-1-9-28(21)10-2-12-30/h2,4-8,10-14,21-22H,1,3,9H2. The third-order valence-electron chi connectivity index (χ3n) is 5.17. The Balaban J connectivity index is 1.81. The van der Waals surface area contributed by atoms with E-state index in [0.717, 1.165) is 31.2 Å². The average molecular weight is 412 g/mol. The lowest BCUT2D eigenvalue weighted by Crippen LogP contribution is -2.18. The van der Waals surface area contributed by atoms with Gasteiger partial charge in [-0.1, -0.05) is 0 Å². The molecule has 30 heavy (non-hydrogen) atoms. The molecule has 2 aromatic heterocycles. The molecule has 3 aromatic rings. The van der Waals surface area contributed by atoms with Gasteiger partial charge in [-0.15, -0.1) is 0 Å². The average Bonchev–Trinajstić information content (AvgIpc) is 3.42. The van der Waals surface area contributed by atoms with E-state index in [-0.39, 0.29) is 11.9 Å². The second-order valence-electron chi connectivity index (χ2n) is 7.00. The number of nitrogens with zero attached hydrogens (tertiary/aromatic N) is 4. The normalized spacial score (nSPS) is 16.7. The summed E-state index contributed by atoms with van der Waals surface area (Å²) in [4.78, 5) is 17.3. The quantitative estimate of drug-likeness (QED) is 0.423. The number of alkyl halides is 2. The van der Waals surface area contributed by atoms with Crippen LogP contribution >= 0.6 is 0 Å². The summed E-state index contributed by atoms with van der Waals surface area (Å²) in [5.41, 5.74) is 3.23. The summed E-state index contributed by atoms with van der Waals surface area (Å²) < 4.78 is 40.1. The number of pyridine rings is 1. The Bertz CT molecular complexity index is 1060. The van der Waals surface area contributed by atoms with E-state index in [0.29, 0.717) is 27.2 Å². The minimum absolute atomic E-state index is 0.0531. The van der Waals surface area contributed by atoms with Crippen LogP contribution in [0.3, 0.4) is 0 Å². The van der Waals surface area contributed by atoms with Crippen molar-refractivity contribution in [2.45, 2.75) is 25.4 Å². The summed E-state index contributed by atoms with van der Waals surface area (Å²) >= 11 is 0. The number of rotatable bonds is 6. The maximum absolute atomic E-state index is 13.3. The van der Waals surface area contributed by atoms with Gasteiger partial charge in [0.15, 0.2) is 0 Å². The van der Waals surface area contributed by atoms with Gasteiger partial charge in [0.1, 0.15) is 12.1 Å². The first-order valence-corrected chi connectivity index (χ1v) is 9.54. The fourth-order valence-electron chi connectivity index (χ4n) is 3.77. The van der Waals surface area contributed by atoms with Crippen molar-refractivity contribution >= 4 is 6.29 Å². The molecule has 1 aliphatic rings. The molecule has 0 aliphatic carbocycles. The van der Waals surface area contributed by atoms with Crippen LogP contribution < -0.4 is 0 Å². The number of carbonyl (C=O) groups is 1. The van der Waals surface area contributed by atoms with Crippen molar-refractivity contribution in [1.29, 1.82) is 0 Å². The lowest BCUT2D eigenvalue weighted by molar-refractivity contribution is -0.104. The fourth-order valence-corrected chi connectivity index (χ4v) is 3.77.